The Morgan fingerprint density at radius 1 is 1.05 bits per heavy atom. The monoisotopic (exact) mass is 271 g/mol. The number of nitrogens with one attached hydrogen (secondary N) is 1. The molecule has 2 aromatic carbocycles. The zero-order valence-electron chi connectivity index (χ0n) is 9.89. The third-order valence-electron chi connectivity index (χ3n) is 2.82. The summed E-state index contributed by atoms with van der Waals surface area (Å²) in [6.45, 7) is 0. The fourth-order valence-corrected chi connectivity index (χ4v) is 2.62. The molecule has 0 atom stereocenters. The van der Waals surface area contributed by atoms with Crippen LogP contribution in [0.1, 0.15) is 10.4 Å². The molecule has 0 unspecified atom stereocenters. The number of carbonyl (C=O) groups excluding carboxylic acids is 1. The molecule has 0 bridgehead atoms. The maximum atomic E-state index is 12.8. The molecule has 0 radical (unpaired) electrons. The van der Waals surface area contributed by atoms with Crippen molar-refractivity contribution in [1.29, 1.82) is 0 Å². The zero-order chi connectivity index (χ0) is 13.2. The van der Waals surface area contributed by atoms with Crippen LogP contribution in [-0.2, 0) is 0 Å². The Morgan fingerprint density at radius 3 is 2.63 bits per heavy atom. The van der Waals surface area contributed by atoms with Crippen molar-refractivity contribution in [2.75, 3.05) is 5.32 Å². The van der Waals surface area contributed by atoms with Crippen molar-refractivity contribution in [3.8, 4) is 0 Å². The SMILES string of the molecule is O=C(Nc1ccc2sccc2c1)c1ccc(F)cc1. The van der Waals surface area contributed by atoms with Gasteiger partial charge in [-0.3, -0.25) is 4.79 Å². The fraction of sp³-hybridized carbons (Fsp3) is 0. The van der Waals surface area contributed by atoms with E-state index in [9.17, 15) is 9.18 Å². The number of hydrogen-bond acceptors (Lipinski definition) is 2. The van der Waals surface area contributed by atoms with Crippen LogP contribution in [0, 0.1) is 5.82 Å². The Labute approximate surface area is 113 Å². The highest BCUT2D eigenvalue weighted by Gasteiger charge is 2.06. The zero-order valence-corrected chi connectivity index (χ0v) is 10.7. The van der Waals surface area contributed by atoms with Crippen LogP contribution in [-0.4, -0.2) is 5.91 Å². The first-order valence-electron chi connectivity index (χ1n) is 5.76. The molecule has 0 saturated heterocycles. The molecule has 94 valence electrons. The molecule has 1 heterocycles. The van der Waals surface area contributed by atoms with E-state index in [-0.39, 0.29) is 11.7 Å². The predicted octanol–water partition coefficient (Wildman–Crippen LogP) is 4.29. The van der Waals surface area contributed by atoms with Gasteiger partial charge in [-0.15, -0.1) is 11.3 Å². The fourth-order valence-electron chi connectivity index (χ4n) is 1.85. The molecule has 3 aromatic rings. The lowest BCUT2D eigenvalue weighted by atomic mass is 10.2. The Bertz CT molecular complexity index is 733. The van der Waals surface area contributed by atoms with E-state index in [0.29, 0.717) is 5.56 Å². The van der Waals surface area contributed by atoms with Crippen molar-refractivity contribution in [2.45, 2.75) is 0 Å². The largest absolute Gasteiger partial charge is 0.322 e. The van der Waals surface area contributed by atoms with Crippen molar-refractivity contribution in [3.05, 3.63) is 65.3 Å². The number of amides is 1. The number of fused-ring (bicyclic) bond motifs is 1. The van der Waals surface area contributed by atoms with Crippen LogP contribution in [0.2, 0.25) is 0 Å². The second kappa shape index (κ2) is 4.82. The normalized spacial score (nSPS) is 10.6. The van der Waals surface area contributed by atoms with Crippen LogP contribution in [0.5, 0.6) is 0 Å². The van der Waals surface area contributed by atoms with E-state index in [1.165, 1.54) is 29.0 Å². The number of anilines is 1. The second-order valence-corrected chi connectivity index (χ2v) is 5.08. The first-order valence-corrected chi connectivity index (χ1v) is 6.64. The standard InChI is InChI=1S/C15H10FNOS/c16-12-3-1-10(2-4-12)15(18)17-13-5-6-14-11(9-13)7-8-19-14/h1-9H,(H,17,18). The topological polar surface area (TPSA) is 29.1 Å². The lowest BCUT2D eigenvalue weighted by molar-refractivity contribution is 0.102. The van der Waals surface area contributed by atoms with Crippen LogP contribution >= 0.6 is 11.3 Å². The molecule has 2 nitrogen and oxygen atoms in total. The van der Waals surface area contributed by atoms with Gasteiger partial charge in [0.15, 0.2) is 0 Å². The van der Waals surface area contributed by atoms with Crippen LogP contribution in [0.4, 0.5) is 10.1 Å². The van der Waals surface area contributed by atoms with E-state index >= 15 is 0 Å². The van der Waals surface area contributed by atoms with Gasteiger partial charge in [0.05, 0.1) is 0 Å². The second-order valence-electron chi connectivity index (χ2n) is 4.13. The minimum atomic E-state index is -0.351. The highest BCUT2D eigenvalue weighted by Crippen LogP contribution is 2.24. The van der Waals surface area contributed by atoms with E-state index < -0.39 is 0 Å². The minimum absolute atomic E-state index is 0.241. The molecule has 19 heavy (non-hydrogen) atoms. The number of carbonyl (C=O) groups is 1. The summed E-state index contributed by atoms with van der Waals surface area (Å²) in [5.41, 5.74) is 1.17. The highest BCUT2D eigenvalue weighted by molar-refractivity contribution is 7.17. The van der Waals surface area contributed by atoms with Gasteiger partial charge in [-0.05, 0) is 59.3 Å². The average molecular weight is 271 g/mol. The predicted molar refractivity (Wildman–Crippen MR) is 76.2 cm³/mol. The average Bonchev–Trinajstić information content (AvgIpc) is 2.87. The molecule has 0 aliphatic rings. The molecule has 4 heteroatoms. The number of thiophene rings is 1. The van der Waals surface area contributed by atoms with Crippen molar-refractivity contribution < 1.29 is 9.18 Å². The number of halogens is 1. The summed E-state index contributed by atoms with van der Waals surface area (Å²) in [5, 5.41) is 5.91. The van der Waals surface area contributed by atoms with E-state index in [1.807, 2.05) is 29.6 Å². The molecule has 1 N–H and O–H groups in total. The van der Waals surface area contributed by atoms with Gasteiger partial charge in [0.2, 0.25) is 0 Å². The molecule has 0 aliphatic heterocycles. The highest BCUT2D eigenvalue weighted by atomic mass is 32.1. The molecule has 0 aliphatic carbocycles. The van der Waals surface area contributed by atoms with Crippen molar-refractivity contribution in [1.82, 2.24) is 0 Å². The lowest BCUT2D eigenvalue weighted by Gasteiger charge is -2.05. The van der Waals surface area contributed by atoms with Gasteiger partial charge in [-0.1, -0.05) is 0 Å². The first-order chi connectivity index (χ1) is 9.22. The third-order valence-corrected chi connectivity index (χ3v) is 3.71. The van der Waals surface area contributed by atoms with Gasteiger partial charge in [0, 0.05) is 16.0 Å². The van der Waals surface area contributed by atoms with Crippen LogP contribution < -0.4 is 5.32 Å². The van der Waals surface area contributed by atoms with Crippen molar-refractivity contribution in [3.63, 3.8) is 0 Å². The van der Waals surface area contributed by atoms with Gasteiger partial charge >= 0.3 is 0 Å². The molecule has 3 rings (SSSR count). The van der Waals surface area contributed by atoms with Crippen LogP contribution in [0.15, 0.2) is 53.9 Å². The summed E-state index contributed by atoms with van der Waals surface area (Å²) < 4.78 is 14.0. The Balaban J connectivity index is 1.83. The van der Waals surface area contributed by atoms with E-state index in [1.54, 1.807) is 11.3 Å². The summed E-state index contributed by atoms with van der Waals surface area (Å²) >= 11 is 1.66. The Morgan fingerprint density at radius 2 is 1.84 bits per heavy atom. The Hall–Kier alpha value is -2.20. The summed E-state index contributed by atoms with van der Waals surface area (Å²) in [6.07, 6.45) is 0. The molecule has 0 fully saturated rings. The van der Waals surface area contributed by atoms with Crippen LogP contribution in [0.25, 0.3) is 10.1 Å². The summed E-state index contributed by atoms with van der Waals surface area (Å²) in [7, 11) is 0. The summed E-state index contributed by atoms with van der Waals surface area (Å²) in [4.78, 5) is 12.0. The smallest absolute Gasteiger partial charge is 0.255 e. The van der Waals surface area contributed by atoms with E-state index in [2.05, 4.69) is 5.32 Å². The van der Waals surface area contributed by atoms with Crippen molar-refractivity contribution >= 4 is 33.0 Å². The molecule has 1 amide bonds. The van der Waals surface area contributed by atoms with Gasteiger partial charge in [0.1, 0.15) is 5.82 Å². The molecular weight excluding hydrogens is 261 g/mol. The molecule has 0 saturated carbocycles. The third kappa shape index (κ3) is 2.48. The summed E-state index contributed by atoms with van der Waals surface area (Å²) in [5.74, 6) is -0.592. The molecule has 1 aromatic heterocycles. The quantitative estimate of drug-likeness (QED) is 0.740. The van der Waals surface area contributed by atoms with Gasteiger partial charge in [-0.2, -0.15) is 0 Å². The number of benzene rings is 2. The molecule has 0 spiro atoms. The Kier molecular flexibility index (Phi) is 3.01. The van der Waals surface area contributed by atoms with Gasteiger partial charge < -0.3 is 5.32 Å². The van der Waals surface area contributed by atoms with Gasteiger partial charge in [-0.25, -0.2) is 4.39 Å². The van der Waals surface area contributed by atoms with Crippen molar-refractivity contribution in [2.24, 2.45) is 0 Å². The maximum Gasteiger partial charge on any atom is 0.255 e. The molecular formula is C15H10FNOS. The lowest BCUT2D eigenvalue weighted by Crippen LogP contribution is -2.11. The number of rotatable bonds is 2. The first kappa shape index (κ1) is 11.9. The van der Waals surface area contributed by atoms with E-state index in [0.717, 1.165) is 11.1 Å². The van der Waals surface area contributed by atoms with E-state index in [4.69, 9.17) is 0 Å². The van der Waals surface area contributed by atoms with Gasteiger partial charge in [0.25, 0.3) is 5.91 Å². The maximum absolute atomic E-state index is 12.8. The summed E-state index contributed by atoms with van der Waals surface area (Å²) in [6, 6.07) is 13.2. The van der Waals surface area contributed by atoms with Crippen LogP contribution in [0.3, 0.4) is 0 Å². The minimum Gasteiger partial charge on any atom is -0.322 e. The number of hydrogen-bond donors (Lipinski definition) is 1.